The molecule has 1 aliphatic rings. The molecule has 1 fully saturated rings. The third-order valence-corrected chi connectivity index (χ3v) is 3.21. The molecule has 1 amide bonds. The summed E-state index contributed by atoms with van der Waals surface area (Å²) in [7, 11) is 0. The SMILES string of the molecule is CSCC(C)C(=O)N1CC[C@H](N)C1.Cl. The Morgan fingerprint density at radius 3 is 2.79 bits per heavy atom. The number of thioether (sulfide) groups is 1. The van der Waals surface area contributed by atoms with Crippen LogP contribution in [0.1, 0.15) is 13.3 Å². The van der Waals surface area contributed by atoms with Gasteiger partial charge in [0, 0.05) is 30.8 Å². The Labute approximate surface area is 96.2 Å². The zero-order valence-corrected chi connectivity index (χ0v) is 10.4. The summed E-state index contributed by atoms with van der Waals surface area (Å²) in [5, 5.41) is 0. The maximum atomic E-state index is 11.7. The Balaban J connectivity index is 0.00000169. The Hall–Kier alpha value is 0.0700. The van der Waals surface area contributed by atoms with E-state index in [9.17, 15) is 4.79 Å². The molecule has 84 valence electrons. The summed E-state index contributed by atoms with van der Waals surface area (Å²) in [5.41, 5.74) is 5.74. The molecule has 5 heteroatoms. The molecule has 1 heterocycles. The maximum absolute atomic E-state index is 11.7. The fraction of sp³-hybridized carbons (Fsp3) is 0.889. The maximum Gasteiger partial charge on any atom is 0.226 e. The van der Waals surface area contributed by atoms with Gasteiger partial charge in [0.1, 0.15) is 0 Å². The number of hydrogen-bond acceptors (Lipinski definition) is 3. The fourth-order valence-corrected chi connectivity index (χ4v) is 2.26. The quantitative estimate of drug-likeness (QED) is 0.797. The van der Waals surface area contributed by atoms with Gasteiger partial charge in [-0.05, 0) is 12.7 Å². The first kappa shape index (κ1) is 14.1. The number of carbonyl (C=O) groups excluding carboxylic acids is 1. The molecule has 0 spiro atoms. The first-order chi connectivity index (χ1) is 6.15. The lowest BCUT2D eigenvalue weighted by Crippen LogP contribution is -2.36. The zero-order chi connectivity index (χ0) is 9.84. The van der Waals surface area contributed by atoms with Crippen LogP contribution in [-0.2, 0) is 4.79 Å². The van der Waals surface area contributed by atoms with Crippen LogP contribution in [0, 0.1) is 5.92 Å². The number of halogens is 1. The predicted molar refractivity (Wildman–Crippen MR) is 64.0 cm³/mol. The first-order valence-electron chi connectivity index (χ1n) is 4.68. The van der Waals surface area contributed by atoms with E-state index < -0.39 is 0 Å². The number of rotatable bonds is 3. The van der Waals surface area contributed by atoms with E-state index in [1.54, 1.807) is 11.8 Å². The van der Waals surface area contributed by atoms with Crippen LogP contribution in [0.25, 0.3) is 0 Å². The molecule has 14 heavy (non-hydrogen) atoms. The summed E-state index contributed by atoms with van der Waals surface area (Å²) in [6.45, 7) is 3.58. The van der Waals surface area contributed by atoms with E-state index in [-0.39, 0.29) is 30.3 Å². The van der Waals surface area contributed by atoms with Gasteiger partial charge in [-0.15, -0.1) is 12.4 Å². The minimum absolute atomic E-state index is 0. The molecule has 0 saturated carbocycles. The second-order valence-electron chi connectivity index (χ2n) is 3.69. The highest BCUT2D eigenvalue weighted by molar-refractivity contribution is 7.98. The van der Waals surface area contributed by atoms with E-state index in [0.29, 0.717) is 0 Å². The highest BCUT2D eigenvalue weighted by atomic mass is 35.5. The molecular formula is C9H19ClN2OS. The van der Waals surface area contributed by atoms with Gasteiger partial charge in [-0.25, -0.2) is 0 Å². The van der Waals surface area contributed by atoms with Crippen LogP contribution >= 0.6 is 24.2 Å². The Morgan fingerprint density at radius 1 is 1.71 bits per heavy atom. The van der Waals surface area contributed by atoms with Crippen molar-refractivity contribution < 1.29 is 4.79 Å². The van der Waals surface area contributed by atoms with E-state index in [4.69, 9.17) is 5.73 Å². The molecule has 1 saturated heterocycles. The van der Waals surface area contributed by atoms with Crippen LogP contribution in [0.3, 0.4) is 0 Å². The highest BCUT2D eigenvalue weighted by Gasteiger charge is 2.26. The molecule has 0 aromatic carbocycles. The van der Waals surface area contributed by atoms with Crippen LogP contribution < -0.4 is 5.73 Å². The van der Waals surface area contributed by atoms with Crippen molar-refractivity contribution in [1.29, 1.82) is 0 Å². The lowest BCUT2D eigenvalue weighted by atomic mass is 10.2. The summed E-state index contributed by atoms with van der Waals surface area (Å²) >= 11 is 1.72. The number of amides is 1. The number of nitrogens with two attached hydrogens (primary N) is 1. The van der Waals surface area contributed by atoms with Crippen molar-refractivity contribution in [2.45, 2.75) is 19.4 Å². The van der Waals surface area contributed by atoms with Gasteiger partial charge >= 0.3 is 0 Å². The van der Waals surface area contributed by atoms with Gasteiger partial charge in [0.2, 0.25) is 5.91 Å². The van der Waals surface area contributed by atoms with Gasteiger partial charge in [0.25, 0.3) is 0 Å². The van der Waals surface area contributed by atoms with Crippen LogP contribution in [-0.4, -0.2) is 41.9 Å². The number of nitrogens with zero attached hydrogens (tertiary/aromatic N) is 1. The van der Waals surface area contributed by atoms with Gasteiger partial charge in [-0.1, -0.05) is 6.92 Å². The smallest absolute Gasteiger partial charge is 0.226 e. The van der Waals surface area contributed by atoms with E-state index in [2.05, 4.69) is 0 Å². The second kappa shape index (κ2) is 6.53. The Bertz CT molecular complexity index is 192. The molecule has 0 radical (unpaired) electrons. The molecule has 2 N–H and O–H groups in total. The van der Waals surface area contributed by atoms with Crippen molar-refractivity contribution >= 4 is 30.1 Å². The molecule has 0 bridgehead atoms. The average Bonchev–Trinajstić information content (AvgIpc) is 2.51. The summed E-state index contributed by atoms with van der Waals surface area (Å²) in [5.74, 6) is 1.31. The molecule has 1 unspecified atom stereocenters. The summed E-state index contributed by atoms with van der Waals surface area (Å²) in [6.07, 6.45) is 2.98. The lowest BCUT2D eigenvalue weighted by molar-refractivity contribution is -0.133. The van der Waals surface area contributed by atoms with Gasteiger partial charge in [-0.2, -0.15) is 11.8 Å². The standard InChI is InChI=1S/C9H18N2OS.ClH/c1-7(6-13-2)9(12)11-4-3-8(10)5-11;/h7-8H,3-6,10H2,1-2H3;1H/t7?,8-;/m0./s1. The second-order valence-corrected chi connectivity index (χ2v) is 4.60. The van der Waals surface area contributed by atoms with Crippen molar-refractivity contribution in [3.8, 4) is 0 Å². The van der Waals surface area contributed by atoms with Crippen molar-refractivity contribution in [1.82, 2.24) is 4.90 Å². The zero-order valence-electron chi connectivity index (χ0n) is 8.73. The van der Waals surface area contributed by atoms with Gasteiger partial charge in [0.15, 0.2) is 0 Å². The van der Waals surface area contributed by atoms with E-state index in [1.807, 2.05) is 18.1 Å². The molecule has 0 aromatic heterocycles. The summed E-state index contributed by atoms with van der Waals surface area (Å²) in [4.78, 5) is 13.6. The van der Waals surface area contributed by atoms with Crippen LogP contribution in [0.5, 0.6) is 0 Å². The normalized spacial score (nSPS) is 23.1. The topological polar surface area (TPSA) is 46.3 Å². The molecule has 0 aliphatic carbocycles. The predicted octanol–water partition coefficient (Wildman–Crippen LogP) is 0.967. The van der Waals surface area contributed by atoms with Crippen LogP contribution in [0.15, 0.2) is 0 Å². The van der Waals surface area contributed by atoms with Gasteiger partial charge < -0.3 is 10.6 Å². The largest absolute Gasteiger partial charge is 0.341 e. The lowest BCUT2D eigenvalue weighted by Gasteiger charge is -2.19. The van der Waals surface area contributed by atoms with E-state index >= 15 is 0 Å². The number of likely N-dealkylation sites (tertiary alicyclic amines) is 1. The monoisotopic (exact) mass is 238 g/mol. The van der Waals surface area contributed by atoms with Gasteiger partial charge in [-0.3, -0.25) is 4.79 Å². The van der Waals surface area contributed by atoms with Crippen molar-refractivity contribution in [2.75, 3.05) is 25.1 Å². The Morgan fingerprint density at radius 2 is 2.36 bits per heavy atom. The summed E-state index contributed by atoms with van der Waals surface area (Å²) < 4.78 is 0. The number of carbonyl (C=O) groups is 1. The summed E-state index contributed by atoms with van der Waals surface area (Å²) in [6, 6.07) is 0.199. The minimum Gasteiger partial charge on any atom is -0.341 e. The third-order valence-electron chi connectivity index (χ3n) is 2.37. The molecular weight excluding hydrogens is 220 g/mol. The average molecular weight is 239 g/mol. The van der Waals surface area contributed by atoms with Crippen molar-refractivity contribution in [3.63, 3.8) is 0 Å². The Kier molecular flexibility index (Phi) is 6.57. The minimum atomic E-state index is 0. The van der Waals surface area contributed by atoms with Crippen LogP contribution in [0.2, 0.25) is 0 Å². The molecule has 2 atom stereocenters. The third kappa shape index (κ3) is 3.67. The number of hydrogen-bond donors (Lipinski definition) is 1. The van der Waals surface area contributed by atoms with Crippen molar-refractivity contribution in [2.24, 2.45) is 11.7 Å². The van der Waals surface area contributed by atoms with Crippen LogP contribution in [0.4, 0.5) is 0 Å². The highest BCUT2D eigenvalue weighted by Crippen LogP contribution is 2.13. The molecule has 1 aliphatic heterocycles. The van der Waals surface area contributed by atoms with Crippen molar-refractivity contribution in [3.05, 3.63) is 0 Å². The molecule has 0 aromatic rings. The van der Waals surface area contributed by atoms with Gasteiger partial charge in [0.05, 0.1) is 0 Å². The van der Waals surface area contributed by atoms with E-state index in [1.165, 1.54) is 0 Å². The van der Waals surface area contributed by atoms with E-state index in [0.717, 1.165) is 25.3 Å². The first-order valence-corrected chi connectivity index (χ1v) is 6.08. The molecule has 1 rings (SSSR count). The fourth-order valence-electron chi connectivity index (χ4n) is 1.62. The molecule has 3 nitrogen and oxygen atoms in total.